The van der Waals surface area contributed by atoms with Crippen molar-refractivity contribution in [3.05, 3.63) is 29.3 Å². The molecule has 3 N–H and O–H groups in total. The van der Waals surface area contributed by atoms with Crippen LogP contribution < -0.4 is 5.73 Å². The summed E-state index contributed by atoms with van der Waals surface area (Å²) in [5, 5.41) is 0. The predicted octanol–water partition coefficient (Wildman–Crippen LogP) is 2.03. The van der Waals surface area contributed by atoms with Gasteiger partial charge in [-0.15, -0.1) is 11.8 Å². The quantitative estimate of drug-likeness (QED) is 0.579. The lowest BCUT2D eigenvalue weighted by Gasteiger charge is -2.05. The van der Waals surface area contributed by atoms with Crippen molar-refractivity contribution in [3.8, 4) is 0 Å². The van der Waals surface area contributed by atoms with Crippen LogP contribution in [0.2, 0.25) is 0 Å². The Kier molecular flexibility index (Phi) is 4.33. The summed E-state index contributed by atoms with van der Waals surface area (Å²) in [6, 6.07) is 6.64. The van der Waals surface area contributed by atoms with Crippen LogP contribution in [0.5, 0.6) is 0 Å². The molecule has 0 heterocycles. The number of thioether (sulfide) groups is 1. The van der Waals surface area contributed by atoms with E-state index >= 15 is 0 Å². The van der Waals surface area contributed by atoms with Crippen LogP contribution in [-0.4, -0.2) is 12.3 Å². The number of benzene rings is 1. The van der Waals surface area contributed by atoms with Crippen molar-refractivity contribution < 1.29 is 5.73 Å². The van der Waals surface area contributed by atoms with Crippen molar-refractivity contribution in [2.24, 2.45) is 0 Å². The van der Waals surface area contributed by atoms with Crippen molar-refractivity contribution in [3.63, 3.8) is 0 Å². The smallest absolute Gasteiger partial charge is 0.0747 e. The molecular weight excluding hydrogens is 178 g/mol. The molecule has 0 amide bonds. The van der Waals surface area contributed by atoms with Crippen LogP contribution in [0.1, 0.15) is 17.5 Å². The van der Waals surface area contributed by atoms with Crippen LogP contribution in [0.15, 0.2) is 23.1 Å². The molecule has 1 aromatic carbocycles. The molecule has 1 nitrogen and oxygen atoms in total. The van der Waals surface area contributed by atoms with Gasteiger partial charge in [0.15, 0.2) is 0 Å². The highest BCUT2D eigenvalue weighted by Crippen LogP contribution is 2.23. The zero-order valence-corrected chi connectivity index (χ0v) is 9.29. The Labute approximate surface area is 84.7 Å². The van der Waals surface area contributed by atoms with E-state index in [1.54, 1.807) is 0 Å². The van der Waals surface area contributed by atoms with E-state index in [0.717, 1.165) is 6.54 Å². The van der Waals surface area contributed by atoms with Crippen molar-refractivity contribution in [2.45, 2.75) is 25.2 Å². The summed E-state index contributed by atoms with van der Waals surface area (Å²) in [5.41, 5.74) is 6.58. The number of hydrogen-bond donors (Lipinski definition) is 1. The van der Waals surface area contributed by atoms with Crippen LogP contribution >= 0.6 is 11.8 Å². The molecule has 0 aliphatic carbocycles. The van der Waals surface area contributed by atoms with Crippen LogP contribution in [0.4, 0.5) is 0 Å². The second-order valence-electron chi connectivity index (χ2n) is 3.32. The van der Waals surface area contributed by atoms with Crippen molar-refractivity contribution in [1.29, 1.82) is 0 Å². The molecule has 0 unspecified atom stereocenters. The largest absolute Gasteiger partial charge is 0.358 e. The first-order valence-corrected chi connectivity index (χ1v) is 5.72. The lowest BCUT2D eigenvalue weighted by molar-refractivity contribution is -0.367. The molecule has 0 saturated carbocycles. The summed E-state index contributed by atoms with van der Waals surface area (Å²) < 4.78 is 0. The second kappa shape index (κ2) is 5.30. The minimum atomic E-state index is 1.04. The third kappa shape index (κ3) is 3.41. The first-order chi connectivity index (χ1) is 6.24. The first-order valence-electron chi connectivity index (χ1n) is 4.73. The highest BCUT2D eigenvalue weighted by molar-refractivity contribution is 7.99. The molecule has 72 valence electrons. The SMILES string of the molecule is Cc1ccc(SCCC[NH3+])c(C)c1. The molecular formula is C11H18NS+. The second-order valence-corrected chi connectivity index (χ2v) is 4.46. The van der Waals surface area contributed by atoms with Crippen molar-refractivity contribution in [2.75, 3.05) is 12.3 Å². The Morgan fingerprint density at radius 2 is 2.08 bits per heavy atom. The molecule has 0 radical (unpaired) electrons. The maximum Gasteiger partial charge on any atom is 0.0747 e. The standard InChI is InChI=1S/C11H17NS/c1-9-4-5-11(10(2)8-9)13-7-3-6-12/h4-5,8H,3,6-7,12H2,1-2H3/p+1. The predicted molar refractivity (Wildman–Crippen MR) is 59.0 cm³/mol. The summed E-state index contributed by atoms with van der Waals surface area (Å²) in [6.45, 7) is 5.36. The normalized spacial score (nSPS) is 10.4. The van der Waals surface area contributed by atoms with E-state index in [4.69, 9.17) is 0 Å². The van der Waals surface area contributed by atoms with Crippen LogP contribution in [0.3, 0.4) is 0 Å². The molecule has 1 aromatic rings. The van der Waals surface area contributed by atoms with E-state index < -0.39 is 0 Å². The third-order valence-corrected chi connectivity index (χ3v) is 3.24. The minimum absolute atomic E-state index is 1.04. The molecule has 0 aliphatic rings. The maximum atomic E-state index is 3.84. The molecule has 0 spiro atoms. The van der Waals surface area contributed by atoms with Gasteiger partial charge in [0.05, 0.1) is 6.54 Å². The first kappa shape index (κ1) is 10.6. The van der Waals surface area contributed by atoms with Gasteiger partial charge in [-0.1, -0.05) is 17.7 Å². The van der Waals surface area contributed by atoms with Gasteiger partial charge in [-0.25, -0.2) is 0 Å². The van der Waals surface area contributed by atoms with Crippen LogP contribution in [-0.2, 0) is 0 Å². The molecule has 1 rings (SSSR count). The summed E-state index contributed by atoms with van der Waals surface area (Å²) in [7, 11) is 0. The number of hydrogen-bond acceptors (Lipinski definition) is 1. The number of rotatable bonds is 4. The van der Waals surface area contributed by atoms with E-state index in [1.807, 2.05) is 11.8 Å². The molecule has 0 aromatic heterocycles. The van der Waals surface area contributed by atoms with Gasteiger partial charge in [-0.3, -0.25) is 0 Å². The molecule has 13 heavy (non-hydrogen) atoms. The van der Waals surface area contributed by atoms with Gasteiger partial charge in [0.1, 0.15) is 0 Å². The molecule has 0 bridgehead atoms. The zero-order valence-electron chi connectivity index (χ0n) is 8.47. The fourth-order valence-corrected chi connectivity index (χ4v) is 2.26. The Bertz CT molecular complexity index is 271. The van der Waals surface area contributed by atoms with Crippen molar-refractivity contribution >= 4 is 11.8 Å². The highest BCUT2D eigenvalue weighted by Gasteiger charge is 1.98. The number of quaternary nitrogens is 1. The summed E-state index contributed by atoms with van der Waals surface area (Å²) >= 11 is 1.94. The van der Waals surface area contributed by atoms with Gasteiger partial charge in [0.25, 0.3) is 0 Å². The lowest BCUT2D eigenvalue weighted by atomic mass is 10.2. The number of aryl methyl sites for hydroxylation is 2. The van der Waals surface area contributed by atoms with Gasteiger partial charge >= 0.3 is 0 Å². The highest BCUT2D eigenvalue weighted by atomic mass is 32.2. The van der Waals surface area contributed by atoms with E-state index in [1.165, 1.54) is 28.2 Å². The average molecular weight is 196 g/mol. The lowest BCUT2D eigenvalue weighted by Crippen LogP contribution is -2.50. The van der Waals surface area contributed by atoms with Gasteiger partial charge in [0.2, 0.25) is 0 Å². The van der Waals surface area contributed by atoms with E-state index in [-0.39, 0.29) is 0 Å². The Hall–Kier alpha value is -0.470. The van der Waals surface area contributed by atoms with E-state index in [2.05, 4.69) is 37.8 Å². The molecule has 0 atom stereocenters. The van der Waals surface area contributed by atoms with Gasteiger partial charge < -0.3 is 5.73 Å². The fraction of sp³-hybridized carbons (Fsp3) is 0.455. The summed E-state index contributed by atoms with van der Waals surface area (Å²) in [6.07, 6.45) is 1.21. The van der Waals surface area contributed by atoms with Crippen LogP contribution in [0, 0.1) is 13.8 Å². The zero-order chi connectivity index (χ0) is 9.68. The molecule has 0 saturated heterocycles. The Morgan fingerprint density at radius 3 is 2.69 bits per heavy atom. The molecule has 0 aliphatic heterocycles. The monoisotopic (exact) mass is 196 g/mol. The van der Waals surface area contributed by atoms with Gasteiger partial charge in [-0.05, 0) is 25.5 Å². The van der Waals surface area contributed by atoms with Crippen molar-refractivity contribution in [1.82, 2.24) is 0 Å². The fourth-order valence-electron chi connectivity index (χ4n) is 1.25. The van der Waals surface area contributed by atoms with Gasteiger partial charge in [-0.2, -0.15) is 0 Å². The van der Waals surface area contributed by atoms with Gasteiger partial charge in [0, 0.05) is 17.1 Å². The molecule has 2 heteroatoms. The summed E-state index contributed by atoms with van der Waals surface area (Å²) in [4.78, 5) is 1.42. The Morgan fingerprint density at radius 1 is 1.31 bits per heavy atom. The average Bonchev–Trinajstić information content (AvgIpc) is 2.09. The maximum absolute atomic E-state index is 3.84. The summed E-state index contributed by atoms with van der Waals surface area (Å²) in [5.74, 6) is 1.19. The van der Waals surface area contributed by atoms with E-state index in [0.29, 0.717) is 0 Å². The molecule has 0 fully saturated rings. The topological polar surface area (TPSA) is 27.6 Å². The Balaban J connectivity index is 2.56. The minimum Gasteiger partial charge on any atom is -0.358 e. The van der Waals surface area contributed by atoms with E-state index in [9.17, 15) is 0 Å². The third-order valence-electron chi connectivity index (χ3n) is 1.98. The van der Waals surface area contributed by atoms with Crippen LogP contribution in [0.25, 0.3) is 0 Å².